The molecule has 1 aromatic rings. The first kappa shape index (κ1) is 13.6. The van der Waals surface area contributed by atoms with Crippen LogP contribution in [0.25, 0.3) is 0 Å². The van der Waals surface area contributed by atoms with Gasteiger partial charge < -0.3 is 10.6 Å². The average molecular weight is 273 g/mol. The number of hydrogen-bond donors (Lipinski definition) is 2. The van der Waals surface area contributed by atoms with Crippen LogP contribution in [0.15, 0.2) is 30.3 Å². The van der Waals surface area contributed by atoms with Crippen LogP contribution in [0.3, 0.4) is 0 Å². The van der Waals surface area contributed by atoms with Crippen LogP contribution in [-0.2, 0) is 11.3 Å². The predicted octanol–water partition coefficient (Wildman–Crippen LogP) is 0.987. The zero-order chi connectivity index (χ0) is 13.8. The van der Waals surface area contributed by atoms with E-state index in [0.717, 1.165) is 31.1 Å². The second-order valence-corrected chi connectivity index (χ2v) is 5.90. The molecule has 108 valence electrons. The molecule has 2 fully saturated rings. The summed E-state index contributed by atoms with van der Waals surface area (Å²) in [5.74, 6) is 0.879. The fourth-order valence-corrected chi connectivity index (χ4v) is 3.32. The summed E-state index contributed by atoms with van der Waals surface area (Å²) in [6.07, 6.45) is 2.43. The number of carbonyl (C=O) groups is 1. The van der Waals surface area contributed by atoms with E-state index in [-0.39, 0.29) is 5.91 Å². The van der Waals surface area contributed by atoms with Gasteiger partial charge in [-0.05, 0) is 30.9 Å². The fraction of sp³-hybridized carbons (Fsp3) is 0.562. The largest absolute Gasteiger partial charge is 0.351 e. The van der Waals surface area contributed by atoms with Crippen molar-refractivity contribution < 1.29 is 4.79 Å². The van der Waals surface area contributed by atoms with Gasteiger partial charge in [0.2, 0.25) is 5.91 Å². The Labute approximate surface area is 120 Å². The minimum absolute atomic E-state index is 0.137. The van der Waals surface area contributed by atoms with Crippen LogP contribution in [0.5, 0.6) is 0 Å². The van der Waals surface area contributed by atoms with E-state index in [4.69, 9.17) is 0 Å². The molecule has 1 amide bonds. The number of hydrogen-bond acceptors (Lipinski definition) is 3. The Kier molecular flexibility index (Phi) is 4.33. The summed E-state index contributed by atoms with van der Waals surface area (Å²) in [7, 11) is 0. The van der Waals surface area contributed by atoms with Gasteiger partial charge in [-0.2, -0.15) is 0 Å². The number of nitrogens with zero attached hydrogens (tertiary/aromatic N) is 1. The van der Waals surface area contributed by atoms with Gasteiger partial charge in [0.1, 0.15) is 0 Å². The van der Waals surface area contributed by atoms with Gasteiger partial charge in [0.05, 0.1) is 6.54 Å². The van der Waals surface area contributed by atoms with Crippen molar-refractivity contribution in [1.29, 1.82) is 0 Å². The van der Waals surface area contributed by atoms with Gasteiger partial charge in [-0.15, -0.1) is 0 Å². The van der Waals surface area contributed by atoms with E-state index >= 15 is 0 Å². The lowest BCUT2D eigenvalue weighted by molar-refractivity contribution is -0.122. The second kappa shape index (κ2) is 6.37. The number of nitrogens with one attached hydrogen (secondary N) is 2. The van der Waals surface area contributed by atoms with Gasteiger partial charge in [0, 0.05) is 25.7 Å². The van der Waals surface area contributed by atoms with Crippen molar-refractivity contribution >= 4 is 5.91 Å². The van der Waals surface area contributed by atoms with Crippen molar-refractivity contribution in [2.45, 2.75) is 25.4 Å². The van der Waals surface area contributed by atoms with E-state index in [0.29, 0.717) is 19.1 Å². The van der Waals surface area contributed by atoms with Crippen molar-refractivity contribution in [2.75, 3.05) is 26.2 Å². The summed E-state index contributed by atoms with van der Waals surface area (Å²) >= 11 is 0. The lowest BCUT2D eigenvalue weighted by atomic mass is 9.93. The van der Waals surface area contributed by atoms with E-state index in [1.54, 1.807) is 0 Å². The first-order valence-corrected chi connectivity index (χ1v) is 7.57. The molecule has 20 heavy (non-hydrogen) atoms. The van der Waals surface area contributed by atoms with Gasteiger partial charge >= 0.3 is 0 Å². The standard InChI is InChI=1S/C16H23N3O/c20-16(18-10-13-4-2-1-3-5-13)12-19-9-7-15-14(11-19)6-8-17-15/h1-5,14-15,17H,6-12H2,(H,18,20). The molecule has 4 nitrogen and oxygen atoms in total. The monoisotopic (exact) mass is 273 g/mol. The van der Waals surface area contributed by atoms with Gasteiger partial charge in [-0.25, -0.2) is 0 Å². The van der Waals surface area contributed by atoms with Gasteiger partial charge in [0.15, 0.2) is 0 Å². The third-order valence-corrected chi connectivity index (χ3v) is 4.44. The molecule has 2 heterocycles. The predicted molar refractivity (Wildman–Crippen MR) is 79.2 cm³/mol. The lowest BCUT2D eigenvalue weighted by Gasteiger charge is -2.34. The Morgan fingerprint density at radius 2 is 2.15 bits per heavy atom. The molecule has 3 rings (SSSR count). The molecule has 0 radical (unpaired) electrons. The fourth-order valence-electron chi connectivity index (χ4n) is 3.32. The number of piperidine rings is 1. The first-order valence-electron chi connectivity index (χ1n) is 7.57. The zero-order valence-corrected chi connectivity index (χ0v) is 11.8. The van der Waals surface area contributed by atoms with Crippen LogP contribution in [0.1, 0.15) is 18.4 Å². The Morgan fingerprint density at radius 3 is 3.00 bits per heavy atom. The molecule has 0 aliphatic carbocycles. The van der Waals surface area contributed by atoms with Gasteiger partial charge in [0.25, 0.3) is 0 Å². The van der Waals surface area contributed by atoms with Crippen molar-refractivity contribution in [3.63, 3.8) is 0 Å². The normalized spacial score (nSPS) is 26.2. The molecule has 2 aliphatic rings. The van der Waals surface area contributed by atoms with Crippen LogP contribution in [-0.4, -0.2) is 43.0 Å². The first-order chi connectivity index (χ1) is 9.81. The van der Waals surface area contributed by atoms with Crippen molar-refractivity contribution in [3.05, 3.63) is 35.9 Å². The Morgan fingerprint density at radius 1 is 1.30 bits per heavy atom. The summed E-state index contributed by atoms with van der Waals surface area (Å²) in [6.45, 7) is 4.41. The number of rotatable bonds is 4. The second-order valence-electron chi connectivity index (χ2n) is 5.90. The minimum Gasteiger partial charge on any atom is -0.351 e. The highest BCUT2D eigenvalue weighted by molar-refractivity contribution is 5.78. The average Bonchev–Trinajstić information content (AvgIpc) is 2.94. The van der Waals surface area contributed by atoms with Crippen LogP contribution in [0.2, 0.25) is 0 Å². The molecule has 0 spiro atoms. The Bertz CT molecular complexity index is 448. The molecular formula is C16H23N3O. The Hall–Kier alpha value is -1.39. The maximum absolute atomic E-state index is 12.0. The van der Waals surface area contributed by atoms with E-state index in [9.17, 15) is 4.79 Å². The van der Waals surface area contributed by atoms with E-state index < -0.39 is 0 Å². The molecule has 2 aliphatic heterocycles. The highest BCUT2D eigenvalue weighted by Gasteiger charge is 2.32. The molecule has 0 aromatic heterocycles. The summed E-state index contributed by atoms with van der Waals surface area (Å²) in [5, 5.41) is 6.56. The quantitative estimate of drug-likeness (QED) is 0.860. The number of likely N-dealkylation sites (tertiary alicyclic amines) is 1. The van der Waals surface area contributed by atoms with Crippen LogP contribution in [0, 0.1) is 5.92 Å². The van der Waals surface area contributed by atoms with Crippen LogP contribution < -0.4 is 10.6 Å². The highest BCUT2D eigenvalue weighted by Crippen LogP contribution is 2.24. The van der Waals surface area contributed by atoms with Gasteiger partial charge in [-0.1, -0.05) is 30.3 Å². The number of amides is 1. The zero-order valence-electron chi connectivity index (χ0n) is 11.8. The molecule has 2 N–H and O–H groups in total. The summed E-state index contributed by atoms with van der Waals surface area (Å²) in [4.78, 5) is 14.3. The summed E-state index contributed by atoms with van der Waals surface area (Å²) in [6, 6.07) is 10.8. The molecule has 2 saturated heterocycles. The minimum atomic E-state index is 0.137. The molecule has 2 unspecified atom stereocenters. The number of benzene rings is 1. The number of carbonyl (C=O) groups excluding carboxylic acids is 1. The van der Waals surface area contributed by atoms with Crippen molar-refractivity contribution in [3.8, 4) is 0 Å². The van der Waals surface area contributed by atoms with E-state index in [1.165, 1.54) is 12.8 Å². The maximum atomic E-state index is 12.0. The van der Waals surface area contributed by atoms with Crippen molar-refractivity contribution in [1.82, 2.24) is 15.5 Å². The summed E-state index contributed by atoms with van der Waals surface area (Å²) < 4.78 is 0. The lowest BCUT2D eigenvalue weighted by Crippen LogP contribution is -2.47. The topological polar surface area (TPSA) is 44.4 Å². The number of fused-ring (bicyclic) bond motifs is 1. The van der Waals surface area contributed by atoms with E-state index in [2.05, 4.69) is 15.5 Å². The molecule has 0 bridgehead atoms. The SMILES string of the molecule is O=C(CN1CCC2NCCC2C1)NCc1ccccc1. The van der Waals surface area contributed by atoms with Crippen LogP contribution in [0.4, 0.5) is 0 Å². The molecule has 2 atom stereocenters. The molecule has 0 saturated carbocycles. The van der Waals surface area contributed by atoms with Crippen LogP contribution >= 0.6 is 0 Å². The van der Waals surface area contributed by atoms with E-state index in [1.807, 2.05) is 30.3 Å². The molecule has 4 heteroatoms. The molecule has 1 aromatic carbocycles. The summed E-state index contributed by atoms with van der Waals surface area (Å²) in [5.41, 5.74) is 1.15. The smallest absolute Gasteiger partial charge is 0.234 e. The highest BCUT2D eigenvalue weighted by atomic mass is 16.2. The third-order valence-electron chi connectivity index (χ3n) is 4.44. The third kappa shape index (κ3) is 3.38. The van der Waals surface area contributed by atoms with Crippen molar-refractivity contribution in [2.24, 2.45) is 5.92 Å². The molecular weight excluding hydrogens is 250 g/mol. The maximum Gasteiger partial charge on any atom is 0.234 e. The van der Waals surface area contributed by atoms with Gasteiger partial charge in [-0.3, -0.25) is 9.69 Å². The Balaban J connectivity index is 1.42.